The van der Waals surface area contributed by atoms with Gasteiger partial charge in [-0.3, -0.25) is 5.84 Å². The molecule has 0 fully saturated rings. The molecule has 0 saturated carbocycles. The molecule has 2 rings (SSSR count). The van der Waals surface area contributed by atoms with Crippen molar-refractivity contribution in [3.05, 3.63) is 57.5 Å². The number of hydrogen-bond acceptors (Lipinski definition) is 3. The number of nitrogens with two attached hydrogens (primary N) is 1. The second-order valence-corrected chi connectivity index (χ2v) is 5.33. The Kier molecular flexibility index (Phi) is 4.22. The summed E-state index contributed by atoms with van der Waals surface area (Å²) in [7, 11) is 0. The van der Waals surface area contributed by atoms with Gasteiger partial charge in [-0.1, -0.05) is 18.2 Å². The van der Waals surface area contributed by atoms with E-state index in [-0.39, 0.29) is 6.04 Å². The topological polar surface area (TPSA) is 51.2 Å². The maximum absolute atomic E-state index is 5.62. The zero-order valence-corrected chi connectivity index (χ0v) is 12.1. The van der Waals surface area contributed by atoms with Crippen LogP contribution in [0, 0.1) is 13.8 Å². The summed E-state index contributed by atoms with van der Waals surface area (Å²) in [6.07, 6.45) is 2.45. The molecule has 1 aromatic carbocycles. The van der Waals surface area contributed by atoms with Crippen molar-refractivity contribution < 1.29 is 4.42 Å². The SMILES string of the molecule is Cc1ccc(CC(NN)c2occc2Br)cc1C. The Morgan fingerprint density at radius 3 is 2.61 bits per heavy atom. The fourth-order valence-corrected chi connectivity index (χ4v) is 2.43. The van der Waals surface area contributed by atoms with Crippen LogP contribution in [-0.4, -0.2) is 0 Å². The van der Waals surface area contributed by atoms with Crippen molar-refractivity contribution in [1.29, 1.82) is 0 Å². The molecule has 1 unspecified atom stereocenters. The smallest absolute Gasteiger partial charge is 0.136 e. The molecule has 96 valence electrons. The van der Waals surface area contributed by atoms with E-state index < -0.39 is 0 Å². The predicted molar refractivity (Wildman–Crippen MR) is 76.1 cm³/mol. The van der Waals surface area contributed by atoms with E-state index in [0.29, 0.717) is 0 Å². The van der Waals surface area contributed by atoms with Gasteiger partial charge >= 0.3 is 0 Å². The Balaban J connectivity index is 2.20. The molecule has 1 atom stereocenters. The van der Waals surface area contributed by atoms with Gasteiger partial charge in [0.15, 0.2) is 0 Å². The third-order valence-corrected chi connectivity index (χ3v) is 3.83. The predicted octanol–water partition coefficient (Wildman–Crippen LogP) is 3.41. The highest BCUT2D eigenvalue weighted by atomic mass is 79.9. The Hall–Kier alpha value is -1.10. The second kappa shape index (κ2) is 5.69. The largest absolute Gasteiger partial charge is 0.466 e. The molecule has 0 amide bonds. The van der Waals surface area contributed by atoms with Gasteiger partial charge in [0.05, 0.1) is 16.8 Å². The molecule has 0 aliphatic carbocycles. The van der Waals surface area contributed by atoms with Gasteiger partial charge in [-0.25, -0.2) is 5.43 Å². The molecule has 2 aromatic rings. The number of rotatable bonds is 4. The molecule has 3 N–H and O–H groups in total. The van der Waals surface area contributed by atoms with Crippen LogP contribution in [0.15, 0.2) is 39.4 Å². The van der Waals surface area contributed by atoms with Crippen LogP contribution in [0.3, 0.4) is 0 Å². The number of halogens is 1. The highest BCUT2D eigenvalue weighted by molar-refractivity contribution is 9.10. The standard InChI is InChI=1S/C14H17BrN2O/c1-9-3-4-11(7-10(9)2)8-13(17-16)14-12(15)5-6-18-14/h3-7,13,17H,8,16H2,1-2H3. The summed E-state index contributed by atoms with van der Waals surface area (Å²) in [5, 5.41) is 0. The number of furan rings is 1. The van der Waals surface area contributed by atoms with Crippen LogP contribution < -0.4 is 11.3 Å². The third-order valence-electron chi connectivity index (χ3n) is 3.17. The molecular weight excluding hydrogens is 292 g/mol. The van der Waals surface area contributed by atoms with E-state index in [2.05, 4.69) is 53.4 Å². The molecule has 0 bridgehead atoms. The third kappa shape index (κ3) is 2.83. The number of nitrogens with one attached hydrogen (secondary N) is 1. The summed E-state index contributed by atoms with van der Waals surface area (Å²) in [4.78, 5) is 0. The van der Waals surface area contributed by atoms with Crippen molar-refractivity contribution in [2.45, 2.75) is 26.3 Å². The number of hydrogen-bond donors (Lipinski definition) is 2. The number of hydrazine groups is 1. The minimum atomic E-state index is -0.0310. The van der Waals surface area contributed by atoms with E-state index in [9.17, 15) is 0 Å². The summed E-state index contributed by atoms with van der Waals surface area (Å²) in [6.45, 7) is 4.23. The Labute approximate surface area is 115 Å². The van der Waals surface area contributed by atoms with Gasteiger partial charge in [-0.05, 0) is 59.0 Å². The highest BCUT2D eigenvalue weighted by Crippen LogP contribution is 2.27. The normalized spacial score (nSPS) is 12.7. The van der Waals surface area contributed by atoms with E-state index in [1.165, 1.54) is 16.7 Å². The molecule has 0 spiro atoms. The monoisotopic (exact) mass is 308 g/mol. The maximum Gasteiger partial charge on any atom is 0.136 e. The molecular formula is C14H17BrN2O. The van der Waals surface area contributed by atoms with Gasteiger partial charge in [0, 0.05) is 0 Å². The van der Waals surface area contributed by atoms with Crippen molar-refractivity contribution in [1.82, 2.24) is 5.43 Å². The Morgan fingerprint density at radius 1 is 1.28 bits per heavy atom. The van der Waals surface area contributed by atoms with Gasteiger partial charge in [0.1, 0.15) is 5.76 Å². The van der Waals surface area contributed by atoms with Crippen molar-refractivity contribution in [2.75, 3.05) is 0 Å². The summed E-state index contributed by atoms with van der Waals surface area (Å²) >= 11 is 3.46. The number of benzene rings is 1. The average molecular weight is 309 g/mol. The van der Waals surface area contributed by atoms with E-state index in [4.69, 9.17) is 10.3 Å². The summed E-state index contributed by atoms with van der Waals surface area (Å²) in [5.74, 6) is 6.45. The fraction of sp³-hybridized carbons (Fsp3) is 0.286. The molecule has 4 heteroatoms. The van der Waals surface area contributed by atoms with Crippen molar-refractivity contribution >= 4 is 15.9 Å². The summed E-state index contributed by atoms with van der Waals surface area (Å²) < 4.78 is 6.39. The summed E-state index contributed by atoms with van der Waals surface area (Å²) in [6, 6.07) is 8.30. The maximum atomic E-state index is 5.62. The molecule has 18 heavy (non-hydrogen) atoms. The van der Waals surface area contributed by atoms with E-state index in [1.807, 2.05) is 6.07 Å². The lowest BCUT2D eigenvalue weighted by Gasteiger charge is -2.15. The van der Waals surface area contributed by atoms with Gasteiger partial charge in [-0.15, -0.1) is 0 Å². The lowest BCUT2D eigenvalue weighted by atomic mass is 10.00. The minimum Gasteiger partial charge on any atom is -0.466 e. The van der Waals surface area contributed by atoms with Gasteiger partial charge < -0.3 is 4.42 Å². The molecule has 3 nitrogen and oxygen atoms in total. The Bertz CT molecular complexity index is 536. The minimum absolute atomic E-state index is 0.0310. The molecule has 1 aromatic heterocycles. The zero-order valence-electron chi connectivity index (χ0n) is 10.5. The van der Waals surface area contributed by atoms with Crippen LogP contribution in [0.4, 0.5) is 0 Å². The Morgan fingerprint density at radius 2 is 2.06 bits per heavy atom. The fourth-order valence-electron chi connectivity index (χ4n) is 1.95. The van der Waals surface area contributed by atoms with Crippen LogP contribution in [0.5, 0.6) is 0 Å². The molecule has 0 aliphatic heterocycles. The average Bonchev–Trinajstić information content (AvgIpc) is 2.77. The second-order valence-electron chi connectivity index (χ2n) is 4.47. The van der Waals surface area contributed by atoms with Gasteiger partial charge in [0.2, 0.25) is 0 Å². The lowest BCUT2D eigenvalue weighted by molar-refractivity contribution is 0.413. The molecule has 1 heterocycles. The highest BCUT2D eigenvalue weighted by Gasteiger charge is 2.17. The zero-order chi connectivity index (χ0) is 13.1. The molecule has 0 saturated heterocycles. The summed E-state index contributed by atoms with van der Waals surface area (Å²) in [5.41, 5.74) is 6.64. The van der Waals surface area contributed by atoms with Crippen LogP contribution >= 0.6 is 15.9 Å². The van der Waals surface area contributed by atoms with Gasteiger partial charge in [-0.2, -0.15) is 0 Å². The van der Waals surface area contributed by atoms with Crippen molar-refractivity contribution in [3.8, 4) is 0 Å². The van der Waals surface area contributed by atoms with Crippen LogP contribution in [0.2, 0.25) is 0 Å². The van der Waals surface area contributed by atoms with E-state index in [0.717, 1.165) is 16.7 Å². The molecule has 0 radical (unpaired) electrons. The van der Waals surface area contributed by atoms with Crippen molar-refractivity contribution in [3.63, 3.8) is 0 Å². The van der Waals surface area contributed by atoms with Crippen LogP contribution in [-0.2, 0) is 6.42 Å². The van der Waals surface area contributed by atoms with E-state index in [1.54, 1.807) is 6.26 Å². The first-order valence-electron chi connectivity index (χ1n) is 5.87. The van der Waals surface area contributed by atoms with Crippen molar-refractivity contribution in [2.24, 2.45) is 5.84 Å². The van der Waals surface area contributed by atoms with E-state index >= 15 is 0 Å². The van der Waals surface area contributed by atoms with Crippen LogP contribution in [0.25, 0.3) is 0 Å². The number of aryl methyl sites for hydroxylation is 2. The first kappa shape index (κ1) is 13.3. The van der Waals surface area contributed by atoms with Crippen LogP contribution in [0.1, 0.15) is 28.5 Å². The first-order chi connectivity index (χ1) is 8.61. The lowest BCUT2D eigenvalue weighted by Crippen LogP contribution is -2.29. The van der Waals surface area contributed by atoms with Gasteiger partial charge in [0.25, 0.3) is 0 Å². The quantitative estimate of drug-likeness (QED) is 0.672. The molecule has 0 aliphatic rings. The first-order valence-corrected chi connectivity index (χ1v) is 6.66.